The summed E-state index contributed by atoms with van der Waals surface area (Å²) in [5.41, 5.74) is 1.39. The lowest BCUT2D eigenvalue weighted by atomic mass is 9.68. The van der Waals surface area contributed by atoms with E-state index in [2.05, 4.69) is 6.92 Å². The van der Waals surface area contributed by atoms with Gasteiger partial charge in [0.25, 0.3) is 0 Å². The van der Waals surface area contributed by atoms with Crippen LogP contribution in [-0.2, 0) is 4.89 Å². The van der Waals surface area contributed by atoms with E-state index in [1.165, 1.54) is 44.6 Å². The van der Waals surface area contributed by atoms with Gasteiger partial charge in [0.15, 0.2) is 0 Å². The van der Waals surface area contributed by atoms with Crippen LogP contribution in [0, 0.1) is 36.4 Å². The predicted molar refractivity (Wildman–Crippen MR) is 94.2 cm³/mol. The van der Waals surface area contributed by atoms with Gasteiger partial charge in [0.2, 0.25) is 0 Å². The number of hydrogen-bond donors (Lipinski definition) is 1. The molecule has 3 heteroatoms. The molecular formula is C21H31FO2. The molecule has 1 atom stereocenters. The Bertz CT molecular complexity index is 529. The number of halogens is 1. The smallest absolute Gasteiger partial charge is 0.129 e. The van der Waals surface area contributed by atoms with Crippen LogP contribution in [0.15, 0.2) is 18.2 Å². The molecule has 0 amide bonds. The molecule has 2 aliphatic carbocycles. The van der Waals surface area contributed by atoms with Gasteiger partial charge in [0.05, 0.1) is 0 Å². The van der Waals surface area contributed by atoms with Crippen molar-refractivity contribution >= 4 is 0 Å². The zero-order valence-corrected chi connectivity index (χ0v) is 15.0. The van der Waals surface area contributed by atoms with Crippen LogP contribution in [0.2, 0.25) is 0 Å². The van der Waals surface area contributed by atoms with Gasteiger partial charge in [-0.15, -0.1) is 0 Å². The third-order valence-electron chi connectivity index (χ3n) is 6.55. The van der Waals surface area contributed by atoms with Crippen LogP contribution in [0.25, 0.3) is 0 Å². The SMILES string of the molecule is Cc1ccc(C(OO)C2CCC(C3CCC(C)CC3)CC2)c(F)c1. The van der Waals surface area contributed by atoms with Crippen LogP contribution in [0.5, 0.6) is 0 Å². The zero-order valence-electron chi connectivity index (χ0n) is 15.0. The summed E-state index contributed by atoms with van der Waals surface area (Å²) >= 11 is 0. The van der Waals surface area contributed by atoms with E-state index in [4.69, 9.17) is 4.89 Å². The Balaban J connectivity index is 1.60. The molecule has 2 fully saturated rings. The Labute approximate surface area is 145 Å². The van der Waals surface area contributed by atoms with Crippen molar-refractivity contribution in [3.05, 3.63) is 35.1 Å². The lowest BCUT2D eigenvalue weighted by Gasteiger charge is -2.38. The molecule has 1 aromatic rings. The highest BCUT2D eigenvalue weighted by Gasteiger charge is 2.34. The quantitative estimate of drug-likeness (QED) is 0.517. The van der Waals surface area contributed by atoms with E-state index in [1.54, 1.807) is 6.07 Å². The van der Waals surface area contributed by atoms with Crippen molar-refractivity contribution in [2.75, 3.05) is 0 Å². The first-order chi connectivity index (χ1) is 11.6. The van der Waals surface area contributed by atoms with E-state index in [1.807, 2.05) is 13.0 Å². The normalized spacial score (nSPS) is 32.5. The van der Waals surface area contributed by atoms with Gasteiger partial charge < -0.3 is 0 Å². The molecule has 0 bridgehead atoms. The maximum Gasteiger partial charge on any atom is 0.129 e. The van der Waals surface area contributed by atoms with Crippen molar-refractivity contribution in [2.45, 2.75) is 71.3 Å². The van der Waals surface area contributed by atoms with Crippen molar-refractivity contribution in [1.82, 2.24) is 0 Å². The summed E-state index contributed by atoms with van der Waals surface area (Å²) in [7, 11) is 0. The van der Waals surface area contributed by atoms with E-state index in [0.29, 0.717) is 5.56 Å². The number of rotatable bonds is 4. The summed E-state index contributed by atoms with van der Waals surface area (Å²) < 4.78 is 14.3. The van der Waals surface area contributed by atoms with Crippen molar-refractivity contribution < 1.29 is 14.5 Å². The second-order valence-electron chi connectivity index (χ2n) is 8.25. The Kier molecular flexibility index (Phi) is 5.93. The minimum absolute atomic E-state index is 0.214. The molecule has 2 saturated carbocycles. The highest BCUT2D eigenvalue weighted by Crippen LogP contribution is 2.45. The second kappa shape index (κ2) is 7.97. The van der Waals surface area contributed by atoms with E-state index >= 15 is 0 Å². The summed E-state index contributed by atoms with van der Waals surface area (Å²) in [6.45, 7) is 4.24. The van der Waals surface area contributed by atoms with Crippen LogP contribution in [0.1, 0.15) is 75.5 Å². The van der Waals surface area contributed by atoms with Crippen LogP contribution >= 0.6 is 0 Å². The van der Waals surface area contributed by atoms with Gasteiger partial charge in [0.1, 0.15) is 11.9 Å². The Morgan fingerprint density at radius 1 is 1.00 bits per heavy atom. The monoisotopic (exact) mass is 334 g/mol. The number of aryl methyl sites for hydroxylation is 1. The van der Waals surface area contributed by atoms with Crippen molar-refractivity contribution in [3.63, 3.8) is 0 Å². The highest BCUT2D eigenvalue weighted by molar-refractivity contribution is 5.25. The standard InChI is InChI=1S/C21H31FO2/c1-14-3-6-16(7-4-14)17-8-10-18(11-9-17)21(24-23)19-12-5-15(2)13-20(19)22/h5,12-14,16-18,21,23H,3-4,6-11H2,1-2H3. The summed E-state index contributed by atoms with van der Waals surface area (Å²) in [6, 6.07) is 5.18. The fourth-order valence-corrected chi connectivity index (χ4v) is 4.94. The minimum Gasteiger partial charge on any atom is -0.251 e. The molecule has 0 aromatic heterocycles. The summed E-state index contributed by atoms with van der Waals surface area (Å²) in [4.78, 5) is 4.75. The molecule has 0 aliphatic heterocycles. The molecule has 134 valence electrons. The van der Waals surface area contributed by atoms with E-state index < -0.39 is 6.10 Å². The fraction of sp³-hybridized carbons (Fsp3) is 0.714. The molecule has 2 aliphatic rings. The fourth-order valence-electron chi connectivity index (χ4n) is 4.94. The van der Waals surface area contributed by atoms with Gasteiger partial charge in [-0.1, -0.05) is 31.9 Å². The van der Waals surface area contributed by atoms with Gasteiger partial charge in [0, 0.05) is 5.56 Å². The lowest BCUT2D eigenvalue weighted by Crippen LogP contribution is -2.28. The van der Waals surface area contributed by atoms with Gasteiger partial charge in [-0.05, 0) is 80.8 Å². The van der Waals surface area contributed by atoms with Gasteiger partial charge in [-0.3, -0.25) is 5.26 Å². The molecule has 0 spiro atoms. The third-order valence-corrected chi connectivity index (χ3v) is 6.55. The Hall–Kier alpha value is -0.930. The van der Waals surface area contributed by atoms with Crippen LogP contribution in [-0.4, -0.2) is 5.26 Å². The molecule has 1 N–H and O–H groups in total. The molecule has 0 heterocycles. The van der Waals surface area contributed by atoms with Gasteiger partial charge in [-0.25, -0.2) is 9.28 Å². The molecule has 1 aromatic carbocycles. The lowest BCUT2D eigenvalue weighted by molar-refractivity contribution is -0.297. The largest absolute Gasteiger partial charge is 0.251 e. The topological polar surface area (TPSA) is 29.5 Å². The average Bonchev–Trinajstić information content (AvgIpc) is 2.59. The summed E-state index contributed by atoms with van der Waals surface area (Å²) in [6.07, 6.45) is 9.41. The number of benzene rings is 1. The van der Waals surface area contributed by atoms with Gasteiger partial charge in [-0.2, -0.15) is 0 Å². The average molecular weight is 334 g/mol. The van der Waals surface area contributed by atoms with E-state index in [-0.39, 0.29) is 11.7 Å². The van der Waals surface area contributed by atoms with Crippen LogP contribution < -0.4 is 0 Å². The van der Waals surface area contributed by atoms with E-state index in [0.717, 1.165) is 36.2 Å². The summed E-state index contributed by atoms with van der Waals surface area (Å²) in [5.74, 6) is 2.54. The van der Waals surface area contributed by atoms with Crippen LogP contribution in [0.3, 0.4) is 0 Å². The molecule has 1 unspecified atom stereocenters. The highest BCUT2D eigenvalue weighted by atomic mass is 19.1. The Morgan fingerprint density at radius 3 is 2.12 bits per heavy atom. The minimum atomic E-state index is -0.530. The predicted octanol–water partition coefficient (Wildman–Crippen LogP) is 6.30. The van der Waals surface area contributed by atoms with Gasteiger partial charge >= 0.3 is 0 Å². The zero-order chi connectivity index (χ0) is 17.1. The second-order valence-corrected chi connectivity index (χ2v) is 8.25. The maximum atomic E-state index is 14.3. The van der Waals surface area contributed by atoms with E-state index in [9.17, 15) is 9.65 Å². The number of hydrogen-bond acceptors (Lipinski definition) is 2. The molecule has 3 rings (SSSR count). The molecule has 2 nitrogen and oxygen atoms in total. The first kappa shape index (κ1) is 17.9. The molecule has 0 saturated heterocycles. The van der Waals surface area contributed by atoms with Crippen molar-refractivity contribution in [1.29, 1.82) is 0 Å². The third kappa shape index (κ3) is 4.00. The maximum absolute atomic E-state index is 14.3. The molecular weight excluding hydrogens is 303 g/mol. The van der Waals surface area contributed by atoms with Crippen molar-refractivity contribution in [3.8, 4) is 0 Å². The Morgan fingerprint density at radius 2 is 1.58 bits per heavy atom. The van der Waals surface area contributed by atoms with Crippen LogP contribution in [0.4, 0.5) is 4.39 Å². The summed E-state index contributed by atoms with van der Waals surface area (Å²) in [5, 5.41) is 9.40. The van der Waals surface area contributed by atoms with Crippen molar-refractivity contribution in [2.24, 2.45) is 23.7 Å². The first-order valence-electron chi connectivity index (χ1n) is 9.64. The first-order valence-corrected chi connectivity index (χ1v) is 9.64. The molecule has 24 heavy (non-hydrogen) atoms. The molecule has 0 radical (unpaired) electrons.